The van der Waals surface area contributed by atoms with E-state index in [1.807, 2.05) is 0 Å². The highest BCUT2D eigenvalue weighted by atomic mass is 19.4. The van der Waals surface area contributed by atoms with E-state index in [1.165, 1.54) is 4.90 Å². The lowest BCUT2D eigenvalue weighted by molar-refractivity contribution is -0.185. The van der Waals surface area contributed by atoms with Gasteiger partial charge in [0.25, 0.3) is 5.91 Å². The van der Waals surface area contributed by atoms with E-state index in [-0.39, 0.29) is 18.1 Å². The Bertz CT molecular complexity index is 627. The summed E-state index contributed by atoms with van der Waals surface area (Å²) in [6.07, 6.45) is -4.06. The number of aliphatic hydroxyl groups is 2. The number of aliphatic hydroxyl groups excluding tert-OH is 2. The number of ether oxygens (including phenoxy) is 1. The van der Waals surface area contributed by atoms with Crippen LogP contribution in [0.4, 0.5) is 13.2 Å². The van der Waals surface area contributed by atoms with E-state index in [0.29, 0.717) is 32.4 Å². The lowest BCUT2D eigenvalue weighted by Crippen LogP contribution is -2.55. The molecule has 0 aliphatic carbocycles. The monoisotopic (exact) mass is 360 g/mol. The number of hydrogen-bond donors (Lipinski definition) is 2. The fourth-order valence-corrected chi connectivity index (χ4v) is 3.29. The van der Waals surface area contributed by atoms with Gasteiger partial charge in [-0.15, -0.1) is 0 Å². The van der Waals surface area contributed by atoms with Gasteiger partial charge in [-0.05, 0) is 25.0 Å². The van der Waals surface area contributed by atoms with Gasteiger partial charge in [-0.3, -0.25) is 9.78 Å². The first-order valence-electron chi connectivity index (χ1n) is 8.03. The van der Waals surface area contributed by atoms with Crippen LogP contribution in [0.1, 0.15) is 35.3 Å². The summed E-state index contributed by atoms with van der Waals surface area (Å²) in [5.74, 6) is -0.382. The molecule has 1 aromatic heterocycles. The molecule has 2 aliphatic rings. The molecular formula is C16H19F3N2O4. The van der Waals surface area contributed by atoms with Crippen molar-refractivity contribution in [3.63, 3.8) is 0 Å². The van der Waals surface area contributed by atoms with Crippen LogP contribution < -0.4 is 0 Å². The maximum Gasteiger partial charge on any atom is 0.433 e. The highest BCUT2D eigenvalue weighted by molar-refractivity contribution is 5.94. The van der Waals surface area contributed by atoms with Gasteiger partial charge < -0.3 is 19.8 Å². The van der Waals surface area contributed by atoms with Crippen molar-refractivity contribution in [2.24, 2.45) is 0 Å². The van der Waals surface area contributed by atoms with E-state index in [1.54, 1.807) is 0 Å². The SMILES string of the molecule is O=C(c1ccc(C(F)(F)F)nc1)N1CCC2(CC1)C[C@@H](O)[C@@H](O)CO2. The number of carbonyl (C=O) groups excluding carboxylic acids is 1. The van der Waals surface area contributed by atoms with Crippen molar-refractivity contribution in [1.29, 1.82) is 0 Å². The average molecular weight is 360 g/mol. The van der Waals surface area contributed by atoms with Crippen LogP contribution in [0.3, 0.4) is 0 Å². The molecule has 0 unspecified atom stereocenters. The predicted molar refractivity (Wildman–Crippen MR) is 79.7 cm³/mol. The van der Waals surface area contributed by atoms with Crippen LogP contribution in [-0.4, -0.2) is 63.5 Å². The van der Waals surface area contributed by atoms with Gasteiger partial charge in [-0.25, -0.2) is 0 Å². The zero-order valence-corrected chi connectivity index (χ0v) is 13.4. The second-order valence-electron chi connectivity index (χ2n) is 6.55. The molecule has 2 fully saturated rings. The van der Waals surface area contributed by atoms with E-state index >= 15 is 0 Å². The lowest BCUT2D eigenvalue weighted by atomic mass is 9.82. The first-order chi connectivity index (χ1) is 11.7. The van der Waals surface area contributed by atoms with Gasteiger partial charge in [0, 0.05) is 25.7 Å². The second kappa shape index (κ2) is 6.54. The minimum absolute atomic E-state index is 0.0535. The third-order valence-electron chi connectivity index (χ3n) is 4.85. The topological polar surface area (TPSA) is 82.9 Å². The smallest absolute Gasteiger partial charge is 0.390 e. The Morgan fingerprint density at radius 2 is 1.92 bits per heavy atom. The molecule has 0 saturated carbocycles. The minimum Gasteiger partial charge on any atom is -0.390 e. The quantitative estimate of drug-likeness (QED) is 0.787. The molecule has 25 heavy (non-hydrogen) atoms. The number of aromatic nitrogens is 1. The Labute approximate surface area is 142 Å². The fourth-order valence-electron chi connectivity index (χ4n) is 3.29. The van der Waals surface area contributed by atoms with E-state index in [9.17, 15) is 28.2 Å². The van der Waals surface area contributed by atoms with Gasteiger partial charge >= 0.3 is 6.18 Å². The predicted octanol–water partition coefficient (Wildman–Crippen LogP) is 1.22. The van der Waals surface area contributed by atoms with Gasteiger partial charge in [0.15, 0.2) is 0 Å². The maximum atomic E-state index is 12.5. The highest BCUT2D eigenvalue weighted by Crippen LogP contribution is 2.35. The number of hydrogen-bond acceptors (Lipinski definition) is 5. The Kier molecular flexibility index (Phi) is 4.74. The molecule has 1 spiro atoms. The molecule has 3 rings (SSSR count). The molecule has 2 aliphatic heterocycles. The third-order valence-corrected chi connectivity index (χ3v) is 4.85. The standard InChI is InChI=1S/C16H19F3N2O4/c17-16(18,19)13-2-1-10(8-20-13)14(24)21-5-3-15(4-6-21)7-11(22)12(23)9-25-15/h1-2,8,11-12,22-23H,3-7,9H2/t11-,12+/m1/s1. The van der Waals surface area contributed by atoms with Crippen LogP contribution in [0.2, 0.25) is 0 Å². The van der Waals surface area contributed by atoms with E-state index < -0.39 is 29.7 Å². The van der Waals surface area contributed by atoms with Crippen molar-refractivity contribution in [3.05, 3.63) is 29.6 Å². The Balaban J connectivity index is 1.62. The summed E-state index contributed by atoms with van der Waals surface area (Å²) in [6, 6.07) is 1.92. The molecule has 2 saturated heterocycles. The average Bonchev–Trinajstić information content (AvgIpc) is 2.58. The normalized spacial score (nSPS) is 26.7. The number of carbonyl (C=O) groups is 1. The highest BCUT2D eigenvalue weighted by Gasteiger charge is 2.43. The molecule has 6 nitrogen and oxygen atoms in total. The fraction of sp³-hybridized carbons (Fsp3) is 0.625. The van der Waals surface area contributed by atoms with E-state index in [2.05, 4.69) is 4.98 Å². The maximum absolute atomic E-state index is 12.5. The molecule has 9 heteroatoms. The minimum atomic E-state index is -4.54. The van der Waals surface area contributed by atoms with Crippen molar-refractivity contribution >= 4 is 5.91 Å². The molecule has 3 heterocycles. The molecule has 1 aromatic rings. The zero-order chi connectivity index (χ0) is 18.2. The van der Waals surface area contributed by atoms with Gasteiger partial charge in [0.2, 0.25) is 0 Å². The van der Waals surface area contributed by atoms with Crippen molar-refractivity contribution in [2.45, 2.75) is 43.2 Å². The Morgan fingerprint density at radius 3 is 2.44 bits per heavy atom. The first kappa shape index (κ1) is 18.1. The molecule has 0 bridgehead atoms. The van der Waals surface area contributed by atoms with Crippen LogP contribution in [0.15, 0.2) is 18.3 Å². The Morgan fingerprint density at radius 1 is 1.24 bits per heavy atom. The summed E-state index contributed by atoms with van der Waals surface area (Å²) in [5, 5.41) is 19.4. The molecule has 2 atom stereocenters. The molecule has 0 aromatic carbocycles. The summed E-state index contributed by atoms with van der Waals surface area (Å²) in [4.78, 5) is 17.3. The number of alkyl halides is 3. The van der Waals surface area contributed by atoms with E-state index in [4.69, 9.17) is 4.74 Å². The van der Waals surface area contributed by atoms with Gasteiger partial charge in [-0.1, -0.05) is 0 Å². The number of rotatable bonds is 1. The van der Waals surface area contributed by atoms with Crippen LogP contribution in [0, 0.1) is 0 Å². The number of nitrogens with zero attached hydrogens (tertiary/aromatic N) is 2. The van der Waals surface area contributed by atoms with Crippen molar-refractivity contribution in [3.8, 4) is 0 Å². The summed E-state index contributed by atoms with van der Waals surface area (Å²) in [5.41, 5.74) is -1.50. The summed E-state index contributed by atoms with van der Waals surface area (Å²) >= 11 is 0. The van der Waals surface area contributed by atoms with Crippen LogP contribution in [0.5, 0.6) is 0 Å². The molecule has 1 amide bonds. The van der Waals surface area contributed by atoms with Crippen LogP contribution >= 0.6 is 0 Å². The van der Waals surface area contributed by atoms with Crippen LogP contribution in [0.25, 0.3) is 0 Å². The number of halogens is 3. The van der Waals surface area contributed by atoms with Gasteiger partial charge in [0.05, 0.1) is 23.9 Å². The largest absolute Gasteiger partial charge is 0.433 e. The van der Waals surface area contributed by atoms with Crippen molar-refractivity contribution < 1.29 is 32.9 Å². The number of likely N-dealkylation sites (tertiary alicyclic amines) is 1. The lowest BCUT2D eigenvalue weighted by Gasteiger charge is -2.46. The number of amides is 1. The number of piperidine rings is 1. The van der Waals surface area contributed by atoms with Gasteiger partial charge in [-0.2, -0.15) is 13.2 Å². The molecular weight excluding hydrogens is 341 g/mol. The molecule has 2 N–H and O–H groups in total. The Hall–Kier alpha value is -1.71. The molecule has 0 radical (unpaired) electrons. The van der Waals surface area contributed by atoms with Crippen molar-refractivity contribution in [2.75, 3.05) is 19.7 Å². The number of pyridine rings is 1. The van der Waals surface area contributed by atoms with Crippen molar-refractivity contribution in [1.82, 2.24) is 9.88 Å². The zero-order valence-electron chi connectivity index (χ0n) is 13.4. The van der Waals surface area contributed by atoms with Crippen LogP contribution in [-0.2, 0) is 10.9 Å². The third kappa shape index (κ3) is 3.78. The first-order valence-corrected chi connectivity index (χ1v) is 8.03. The second-order valence-corrected chi connectivity index (χ2v) is 6.55. The van der Waals surface area contributed by atoms with Gasteiger partial charge in [0.1, 0.15) is 11.8 Å². The summed E-state index contributed by atoms with van der Waals surface area (Å²) < 4.78 is 43.3. The summed E-state index contributed by atoms with van der Waals surface area (Å²) in [7, 11) is 0. The summed E-state index contributed by atoms with van der Waals surface area (Å²) in [6.45, 7) is 0.781. The van der Waals surface area contributed by atoms with E-state index in [0.717, 1.165) is 18.3 Å². The molecule has 138 valence electrons.